The number of allylic oxidation sites excluding steroid dienone is 1. The molecule has 3 aliphatic carbocycles. The summed E-state index contributed by atoms with van der Waals surface area (Å²) in [5.41, 5.74) is 3.12. The molecule has 2 bridgehead atoms. The number of aliphatic hydroxyl groups is 1. The molecule has 1 aliphatic heterocycles. The zero-order valence-electron chi connectivity index (χ0n) is 18.2. The van der Waals surface area contributed by atoms with Crippen molar-refractivity contribution in [2.24, 2.45) is 17.3 Å². The summed E-state index contributed by atoms with van der Waals surface area (Å²) >= 11 is 0. The van der Waals surface area contributed by atoms with Gasteiger partial charge in [-0.15, -0.1) is 0 Å². The molecule has 1 aromatic carbocycles. The van der Waals surface area contributed by atoms with E-state index in [1.165, 1.54) is 29.0 Å². The molecule has 5 heteroatoms. The summed E-state index contributed by atoms with van der Waals surface area (Å²) < 4.78 is 11.3. The average molecular weight is 402 g/mol. The summed E-state index contributed by atoms with van der Waals surface area (Å²) in [5.74, 6) is 2.45. The van der Waals surface area contributed by atoms with Crippen LogP contribution < -0.4 is 14.5 Å². The third kappa shape index (κ3) is 4.47. The van der Waals surface area contributed by atoms with Crippen molar-refractivity contribution in [3.8, 4) is 5.75 Å². The Morgan fingerprint density at radius 3 is 2.76 bits per heavy atom. The molecule has 2 N–H and O–H groups in total. The van der Waals surface area contributed by atoms with Crippen molar-refractivity contribution in [3.63, 3.8) is 0 Å². The van der Waals surface area contributed by atoms with Crippen molar-refractivity contribution in [1.29, 1.82) is 0 Å². The molecule has 0 amide bonds. The smallest absolute Gasteiger partial charge is 0.126 e. The van der Waals surface area contributed by atoms with Gasteiger partial charge in [-0.05, 0) is 47.8 Å². The van der Waals surface area contributed by atoms with Gasteiger partial charge in [-0.1, -0.05) is 26.0 Å². The fourth-order valence-corrected chi connectivity index (χ4v) is 5.44. The van der Waals surface area contributed by atoms with E-state index in [0.29, 0.717) is 24.5 Å². The number of fused-ring (bicyclic) bond motifs is 1. The number of ether oxygens (including phenoxy) is 2. The highest BCUT2D eigenvalue weighted by Crippen LogP contribution is 2.59. The third-order valence-electron chi connectivity index (χ3n) is 7.57. The van der Waals surface area contributed by atoms with Crippen LogP contribution in [0.3, 0.4) is 0 Å². The van der Waals surface area contributed by atoms with Crippen LogP contribution in [0.4, 0.5) is 5.69 Å². The normalized spacial score (nSPS) is 27.2. The van der Waals surface area contributed by atoms with Crippen LogP contribution in [0.15, 0.2) is 35.9 Å². The SMILES string of the molecule is COc1cccc(N2CC[NH+](C[C@H](O)COCC3=CC[C@H]4C[C@@H]3C4(C)C)CC2)c1. The van der Waals surface area contributed by atoms with E-state index in [-0.39, 0.29) is 6.10 Å². The fraction of sp³-hybridized carbons (Fsp3) is 0.667. The summed E-state index contributed by atoms with van der Waals surface area (Å²) in [5, 5.41) is 10.5. The van der Waals surface area contributed by atoms with Gasteiger partial charge in [0, 0.05) is 11.8 Å². The van der Waals surface area contributed by atoms with Gasteiger partial charge in [0.05, 0.1) is 46.5 Å². The van der Waals surface area contributed by atoms with E-state index in [1.54, 1.807) is 7.11 Å². The fourth-order valence-electron chi connectivity index (χ4n) is 5.44. The molecule has 1 aromatic rings. The lowest BCUT2D eigenvalue weighted by molar-refractivity contribution is -0.903. The summed E-state index contributed by atoms with van der Waals surface area (Å²) in [6, 6.07) is 8.26. The van der Waals surface area contributed by atoms with Gasteiger partial charge in [-0.25, -0.2) is 0 Å². The quantitative estimate of drug-likeness (QED) is 0.652. The van der Waals surface area contributed by atoms with Gasteiger partial charge >= 0.3 is 0 Å². The van der Waals surface area contributed by atoms with E-state index in [1.807, 2.05) is 12.1 Å². The number of methoxy groups -OCH3 is 1. The van der Waals surface area contributed by atoms with Gasteiger partial charge in [-0.2, -0.15) is 0 Å². The maximum absolute atomic E-state index is 10.5. The summed E-state index contributed by atoms with van der Waals surface area (Å²) in [6.07, 6.45) is 4.53. The molecule has 0 radical (unpaired) electrons. The predicted molar refractivity (Wildman–Crippen MR) is 116 cm³/mol. The largest absolute Gasteiger partial charge is 0.497 e. The van der Waals surface area contributed by atoms with Gasteiger partial charge in [-0.3, -0.25) is 0 Å². The zero-order valence-corrected chi connectivity index (χ0v) is 18.2. The number of rotatable bonds is 8. The molecule has 0 unspecified atom stereocenters. The van der Waals surface area contributed by atoms with E-state index in [4.69, 9.17) is 9.47 Å². The monoisotopic (exact) mass is 401 g/mol. The molecule has 3 atom stereocenters. The van der Waals surface area contributed by atoms with Gasteiger partial charge in [0.15, 0.2) is 0 Å². The number of nitrogens with one attached hydrogen (secondary N) is 1. The second-order valence-electron chi connectivity index (χ2n) is 9.63. The first kappa shape index (κ1) is 20.7. The highest BCUT2D eigenvalue weighted by Gasteiger charge is 2.50. The lowest BCUT2D eigenvalue weighted by atomic mass is 9.49. The van der Waals surface area contributed by atoms with Gasteiger partial charge in [0.1, 0.15) is 18.4 Å². The van der Waals surface area contributed by atoms with Crippen LogP contribution in [0.2, 0.25) is 0 Å². The van der Waals surface area contributed by atoms with Gasteiger partial charge < -0.3 is 24.4 Å². The van der Waals surface area contributed by atoms with E-state index < -0.39 is 0 Å². The molecule has 1 saturated heterocycles. The molecule has 0 spiro atoms. The second-order valence-corrected chi connectivity index (χ2v) is 9.63. The lowest BCUT2D eigenvalue weighted by Gasteiger charge is -2.56. The first-order valence-corrected chi connectivity index (χ1v) is 11.1. The number of nitrogens with zero attached hydrogens (tertiary/aromatic N) is 1. The van der Waals surface area contributed by atoms with E-state index in [2.05, 4.69) is 37.0 Å². The van der Waals surface area contributed by atoms with Crippen LogP contribution in [0.5, 0.6) is 5.75 Å². The standard InChI is InChI=1S/C24H36N2O3/c1-24(2)19-8-7-18(23(24)13-19)16-29-17-21(27)15-25-9-11-26(12-10-25)20-5-4-6-22(14-20)28-3/h4-7,14,19,21,23,27H,8-13,15-17H2,1-3H3/p+1/t19-,21-,23-/m0/s1. The number of hydrogen-bond donors (Lipinski definition) is 2. The highest BCUT2D eigenvalue weighted by atomic mass is 16.5. The van der Waals surface area contributed by atoms with Gasteiger partial charge in [0.2, 0.25) is 0 Å². The van der Waals surface area contributed by atoms with E-state index in [9.17, 15) is 5.11 Å². The van der Waals surface area contributed by atoms with Gasteiger partial charge in [0.25, 0.3) is 0 Å². The third-order valence-corrected chi connectivity index (χ3v) is 7.57. The Kier molecular flexibility index (Phi) is 6.19. The second kappa shape index (κ2) is 8.66. The Hall–Kier alpha value is -1.56. The van der Waals surface area contributed by atoms with Crippen LogP contribution in [-0.4, -0.2) is 64.3 Å². The number of piperazine rings is 1. The maximum atomic E-state index is 10.5. The van der Waals surface area contributed by atoms with Crippen molar-refractivity contribution in [3.05, 3.63) is 35.9 Å². The van der Waals surface area contributed by atoms with Crippen LogP contribution in [-0.2, 0) is 4.74 Å². The number of hydrogen-bond acceptors (Lipinski definition) is 4. The van der Waals surface area contributed by atoms with Crippen molar-refractivity contribution < 1.29 is 19.5 Å². The van der Waals surface area contributed by atoms with Crippen LogP contribution in [0, 0.1) is 17.3 Å². The Bertz CT molecular complexity index is 725. The van der Waals surface area contributed by atoms with Crippen molar-refractivity contribution >= 4 is 5.69 Å². The zero-order chi connectivity index (χ0) is 20.4. The summed E-state index contributed by atoms with van der Waals surface area (Å²) in [6.45, 7) is 10.8. The minimum atomic E-state index is -0.389. The molecule has 4 aliphatic rings. The molecule has 29 heavy (non-hydrogen) atoms. The Labute approximate surface area is 175 Å². The molecular formula is C24H37N2O3+. The van der Waals surface area contributed by atoms with E-state index >= 15 is 0 Å². The molecule has 2 fully saturated rings. The Balaban J connectivity index is 1.17. The van der Waals surface area contributed by atoms with Crippen molar-refractivity contribution in [1.82, 2.24) is 0 Å². The first-order chi connectivity index (χ1) is 14.0. The first-order valence-electron chi connectivity index (χ1n) is 11.1. The Morgan fingerprint density at radius 1 is 1.28 bits per heavy atom. The topological polar surface area (TPSA) is 46.4 Å². The predicted octanol–water partition coefficient (Wildman–Crippen LogP) is 1.77. The van der Waals surface area contributed by atoms with Crippen LogP contribution >= 0.6 is 0 Å². The van der Waals surface area contributed by atoms with Crippen molar-refractivity contribution in [2.45, 2.75) is 32.8 Å². The molecule has 5 nitrogen and oxygen atoms in total. The lowest BCUT2D eigenvalue weighted by Crippen LogP contribution is -3.16. The number of aliphatic hydroxyl groups excluding tert-OH is 1. The molecule has 5 rings (SSSR count). The summed E-state index contributed by atoms with van der Waals surface area (Å²) in [7, 11) is 1.71. The molecule has 1 saturated carbocycles. The van der Waals surface area contributed by atoms with E-state index in [0.717, 1.165) is 44.4 Å². The van der Waals surface area contributed by atoms with Crippen LogP contribution in [0.25, 0.3) is 0 Å². The number of quaternary nitrogens is 1. The maximum Gasteiger partial charge on any atom is 0.126 e. The average Bonchev–Trinajstić information content (AvgIpc) is 2.74. The van der Waals surface area contributed by atoms with Crippen molar-refractivity contribution in [2.75, 3.05) is 57.9 Å². The van der Waals surface area contributed by atoms with Crippen LogP contribution in [0.1, 0.15) is 26.7 Å². The Morgan fingerprint density at radius 2 is 2.07 bits per heavy atom. The molecule has 160 valence electrons. The minimum Gasteiger partial charge on any atom is -0.497 e. The molecule has 0 aromatic heterocycles. The highest BCUT2D eigenvalue weighted by molar-refractivity contribution is 5.50. The molecule has 1 heterocycles. The molecular weight excluding hydrogens is 364 g/mol. The summed E-state index contributed by atoms with van der Waals surface area (Å²) in [4.78, 5) is 3.86. The number of benzene rings is 1. The minimum absolute atomic E-state index is 0.389. The number of anilines is 1.